The van der Waals surface area contributed by atoms with E-state index in [4.69, 9.17) is 9.47 Å². The fourth-order valence-electron chi connectivity index (χ4n) is 3.84. The molecule has 0 bridgehead atoms. The van der Waals surface area contributed by atoms with Crippen LogP contribution in [-0.2, 0) is 16.0 Å². The zero-order valence-corrected chi connectivity index (χ0v) is 16.5. The van der Waals surface area contributed by atoms with E-state index in [1.54, 1.807) is 22.9 Å². The van der Waals surface area contributed by atoms with Gasteiger partial charge in [0, 0.05) is 51.9 Å². The average Bonchev–Trinajstić information content (AvgIpc) is 3.22. The van der Waals surface area contributed by atoms with E-state index in [1.807, 2.05) is 30.3 Å². The number of carbonyl (C=O) groups excluding carboxylic acids is 2. The molecule has 0 radical (unpaired) electrons. The van der Waals surface area contributed by atoms with Crippen molar-refractivity contribution >= 4 is 11.8 Å². The van der Waals surface area contributed by atoms with Crippen molar-refractivity contribution in [3.8, 4) is 0 Å². The van der Waals surface area contributed by atoms with Crippen molar-refractivity contribution in [1.29, 1.82) is 0 Å². The molecule has 2 aliphatic heterocycles. The lowest BCUT2D eigenvalue weighted by atomic mass is 10.0. The molecule has 2 aliphatic rings. The molecule has 29 heavy (non-hydrogen) atoms. The van der Waals surface area contributed by atoms with Gasteiger partial charge in [0.15, 0.2) is 5.79 Å². The summed E-state index contributed by atoms with van der Waals surface area (Å²) in [5, 5.41) is 0. The minimum Gasteiger partial charge on any atom is -0.347 e. The van der Waals surface area contributed by atoms with Crippen LogP contribution in [0.5, 0.6) is 0 Å². The van der Waals surface area contributed by atoms with Gasteiger partial charge in [-0.3, -0.25) is 14.6 Å². The highest BCUT2D eigenvalue weighted by atomic mass is 16.7. The molecule has 0 unspecified atom stereocenters. The minimum atomic E-state index is -0.521. The second-order valence-corrected chi connectivity index (χ2v) is 7.51. The smallest absolute Gasteiger partial charge is 0.255 e. The maximum Gasteiger partial charge on any atom is 0.255 e. The molecule has 7 nitrogen and oxygen atoms in total. The number of aromatic nitrogens is 1. The Bertz CT molecular complexity index is 871. The van der Waals surface area contributed by atoms with Gasteiger partial charge in [-0.2, -0.15) is 0 Å². The first-order valence-corrected chi connectivity index (χ1v) is 9.88. The monoisotopic (exact) mass is 395 g/mol. The number of nitrogens with zero attached hydrogens (tertiary/aromatic N) is 3. The van der Waals surface area contributed by atoms with Crippen molar-refractivity contribution in [3.05, 3.63) is 65.5 Å². The first-order valence-electron chi connectivity index (χ1n) is 9.88. The van der Waals surface area contributed by atoms with Crippen LogP contribution in [0, 0.1) is 0 Å². The third-order valence-corrected chi connectivity index (χ3v) is 5.47. The van der Waals surface area contributed by atoms with Crippen LogP contribution in [0.3, 0.4) is 0 Å². The average molecular weight is 395 g/mol. The van der Waals surface area contributed by atoms with Gasteiger partial charge >= 0.3 is 0 Å². The Labute approximate surface area is 170 Å². The Morgan fingerprint density at radius 2 is 1.72 bits per heavy atom. The second-order valence-electron chi connectivity index (χ2n) is 7.51. The fraction of sp³-hybridized carbons (Fsp3) is 0.409. The molecule has 0 saturated carbocycles. The van der Waals surface area contributed by atoms with Gasteiger partial charge in [0.1, 0.15) is 0 Å². The third kappa shape index (κ3) is 4.31. The highest BCUT2D eigenvalue weighted by molar-refractivity contribution is 5.99. The summed E-state index contributed by atoms with van der Waals surface area (Å²) in [5.41, 5.74) is 1.88. The van der Waals surface area contributed by atoms with E-state index in [-0.39, 0.29) is 11.8 Å². The lowest BCUT2D eigenvalue weighted by molar-refractivity contribution is -0.181. The predicted octanol–water partition coefficient (Wildman–Crippen LogP) is 2.33. The van der Waals surface area contributed by atoms with E-state index < -0.39 is 5.79 Å². The molecule has 2 fully saturated rings. The van der Waals surface area contributed by atoms with Gasteiger partial charge in [-0.1, -0.05) is 30.3 Å². The molecular formula is C22H25N3O4. The molecule has 0 atom stereocenters. The molecule has 2 saturated heterocycles. The van der Waals surface area contributed by atoms with Crippen molar-refractivity contribution < 1.29 is 19.1 Å². The van der Waals surface area contributed by atoms with Crippen molar-refractivity contribution in [1.82, 2.24) is 14.8 Å². The summed E-state index contributed by atoms with van der Waals surface area (Å²) >= 11 is 0. The number of hydrogen-bond donors (Lipinski definition) is 0. The summed E-state index contributed by atoms with van der Waals surface area (Å²) in [5.74, 6) is -0.806. The summed E-state index contributed by atoms with van der Waals surface area (Å²) in [4.78, 5) is 33.3. The molecule has 152 valence electrons. The van der Waals surface area contributed by atoms with Gasteiger partial charge in [0.25, 0.3) is 11.8 Å². The van der Waals surface area contributed by atoms with E-state index in [0.717, 1.165) is 5.56 Å². The van der Waals surface area contributed by atoms with Crippen LogP contribution in [0.4, 0.5) is 0 Å². The van der Waals surface area contributed by atoms with Crippen LogP contribution in [0.15, 0.2) is 48.8 Å². The predicted molar refractivity (Wildman–Crippen MR) is 106 cm³/mol. The number of piperidine rings is 1. The van der Waals surface area contributed by atoms with Crippen molar-refractivity contribution in [2.45, 2.75) is 25.2 Å². The maximum atomic E-state index is 12.9. The number of amides is 2. The molecule has 3 heterocycles. The normalized spacial score (nSPS) is 18.0. The number of pyridine rings is 1. The largest absolute Gasteiger partial charge is 0.347 e. The highest BCUT2D eigenvalue weighted by Gasteiger charge is 2.40. The standard InChI is InChI=1S/C22H25N3O4/c1-24(16-17-5-3-2-4-6-17)20(26)18-13-19(15-23-14-18)21(27)25-9-7-22(8-10-25)28-11-12-29-22/h2-6,13-15H,7-12,16H2,1H3. The zero-order chi connectivity index (χ0) is 20.3. The molecule has 0 N–H and O–H groups in total. The van der Waals surface area contributed by atoms with Crippen LogP contribution in [0.1, 0.15) is 39.1 Å². The Kier molecular flexibility index (Phi) is 5.60. The van der Waals surface area contributed by atoms with E-state index in [2.05, 4.69) is 4.98 Å². The quantitative estimate of drug-likeness (QED) is 0.795. The highest BCUT2D eigenvalue weighted by Crippen LogP contribution is 2.31. The lowest BCUT2D eigenvalue weighted by Crippen LogP contribution is -2.47. The van der Waals surface area contributed by atoms with E-state index in [1.165, 1.54) is 12.4 Å². The van der Waals surface area contributed by atoms with E-state index in [0.29, 0.717) is 56.8 Å². The van der Waals surface area contributed by atoms with Crippen LogP contribution >= 0.6 is 0 Å². The molecule has 7 heteroatoms. The zero-order valence-electron chi connectivity index (χ0n) is 16.5. The molecule has 1 spiro atoms. The molecular weight excluding hydrogens is 370 g/mol. The number of ether oxygens (including phenoxy) is 2. The van der Waals surface area contributed by atoms with Gasteiger partial charge in [0.05, 0.1) is 24.3 Å². The SMILES string of the molecule is CN(Cc1ccccc1)C(=O)c1cncc(C(=O)N2CCC3(CC2)OCCO3)c1. The number of rotatable bonds is 4. The topological polar surface area (TPSA) is 72.0 Å². The summed E-state index contributed by atoms with van der Waals surface area (Å²) in [7, 11) is 1.75. The number of hydrogen-bond acceptors (Lipinski definition) is 5. The molecule has 0 aliphatic carbocycles. The maximum absolute atomic E-state index is 12.9. The van der Waals surface area contributed by atoms with Crippen molar-refractivity contribution in [2.75, 3.05) is 33.4 Å². The second kappa shape index (κ2) is 8.31. The van der Waals surface area contributed by atoms with Gasteiger partial charge in [-0.15, -0.1) is 0 Å². The Hall–Kier alpha value is -2.77. The summed E-state index contributed by atoms with van der Waals surface area (Å²) in [6.07, 6.45) is 4.34. The number of likely N-dealkylation sites (tertiary alicyclic amines) is 1. The number of carbonyl (C=O) groups is 2. The van der Waals surface area contributed by atoms with Crippen LogP contribution in [0.2, 0.25) is 0 Å². The Morgan fingerprint density at radius 3 is 2.41 bits per heavy atom. The first kappa shape index (κ1) is 19.5. The summed E-state index contributed by atoms with van der Waals surface area (Å²) in [6.45, 7) is 2.83. The minimum absolute atomic E-state index is 0.120. The van der Waals surface area contributed by atoms with Crippen LogP contribution < -0.4 is 0 Å². The molecule has 1 aromatic heterocycles. The third-order valence-electron chi connectivity index (χ3n) is 5.47. The van der Waals surface area contributed by atoms with Crippen molar-refractivity contribution in [3.63, 3.8) is 0 Å². The van der Waals surface area contributed by atoms with Crippen molar-refractivity contribution in [2.24, 2.45) is 0 Å². The molecule has 2 amide bonds. The molecule has 1 aromatic carbocycles. The fourth-order valence-corrected chi connectivity index (χ4v) is 3.84. The molecule has 4 rings (SSSR count). The van der Waals surface area contributed by atoms with Crippen LogP contribution in [0.25, 0.3) is 0 Å². The van der Waals surface area contributed by atoms with Gasteiger partial charge < -0.3 is 19.3 Å². The Morgan fingerprint density at radius 1 is 1.07 bits per heavy atom. The summed E-state index contributed by atoms with van der Waals surface area (Å²) < 4.78 is 11.4. The first-order chi connectivity index (χ1) is 14.1. The van der Waals surface area contributed by atoms with E-state index >= 15 is 0 Å². The van der Waals surface area contributed by atoms with E-state index in [9.17, 15) is 9.59 Å². The molecule has 2 aromatic rings. The summed E-state index contributed by atoms with van der Waals surface area (Å²) in [6, 6.07) is 11.4. The van der Waals surface area contributed by atoms with Gasteiger partial charge in [-0.25, -0.2) is 0 Å². The van der Waals surface area contributed by atoms with Gasteiger partial charge in [-0.05, 0) is 11.6 Å². The van der Waals surface area contributed by atoms with Gasteiger partial charge in [0.2, 0.25) is 0 Å². The Balaban J connectivity index is 1.41. The van der Waals surface area contributed by atoms with Crippen LogP contribution in [-0.4, -0.2) is 65.7 Å². The lowest BCUT2D eigenvalue weighted by Gasteiger charge is -2.37. The number of benzene rings is 1.